The highest BCUT2D eigenvalue weighted by Gasteiger charge is 2.09. The third kappa shape index (κ3) is 4.08. The maximum absolute atomic E-state index is 12.2. The first kappa shape index (κ1) is 10.3. The van der Waals surface area contributed by atoms with Crippen molar-refractivity contribution in [1.82, 2.24) is 9.80 Å². The topological polar surface area (TPSA) is 6.48 Å². The standard InChI is InChI=1S/C10H17FN2/c1-10(11)4-3-5-13-8-6-12(2)7-9-13/h3,5H,1,4,6-9H2,2H3/b5-3+. The van der Waals surface area contributed by atoms with Crippen LogP contribution in [0.2, 0.25) is 0 Å². The zero-order valence-electron chi connectivity index (χ0n) is 8.17. The van der Waals surface area contributed by atoms with E-state index >= 15 is 0 Å². The third-order valence-electron chi connectivity index (χ3n) is 2.19. The Hall–Kier alpha value is -0.830. The van der Waals surface area contributed by atoms with E-state index in [9.17, 15) is 4.39 Å². The number of piperazine rings is 1. The van der Waals surface area contributed by atoms with E-state index in [1.807, 2.05) is 12.3 Å². The average Bonchev–Trinajstić information content (AvgIpc) is 2.08. The van der Waals surface area contributed by atoms with Crippen LogP contribution in [-0.2, 0) is 0 Å². The van der Waals surface area contributed by atoms with Gasteiger partial charge < -0.3 is 9.80 Å². The monoisotopic (exact) mass is 184 g/mol. The van der Waals surface area contributed by atoms with Crippen LogP contribution in [0.25, 0.3) is 0 Å². The molecule has 1 aliphatic heterocycles. The highest BCUT2D eigenvalue weighted by molar-refractivity contribution is 4.94. The first-order valence-electron chi connectivity index (χ1n) is 4.61. The van der Waals surface area contributed by atoms with Crippen LogP contribution >= 0.6 is 0 Å². The predicted molar refractivity (Wildman–Crippen MR) is 53.1 cm³/mol. The van der Waals surface area contributed by atoms with E-state index in [2.05, 4.69) is 23.4 Å². The van der Waals surface area contributed by atoms with Crippen molar-refractivity contribution in [3.05, 3.63) is 24.7 Å². The van der Waals surface area contributed by atoms with Crippen molar-refractivity contribution < 1.29 is 4.39 Å². The van der Waals surface area contributed by atoms with Gasteiger partial charge in [0.25, 0.3) is 0 Å². The molecule has 0 spiro atoms. The maximum atomic E-state index is 12.2. The maximum Gasteiger partial charge on any atom is 0.0966 e. The van der Waals surface area contributed by atoms with Gasteiger partial charge in [0.15, 0.2) is 0 Å². The Morgan fingerprint density at radius 3 is 2.54 bits per heavy atom. The average molecular weight is 184 g/mol. The van der Waals surface area contributed by atoms with Crippen LogP contribution in [0.1, 0.15) is 6.42 Å². The minimum absolute atomic E-state index is 0.273. The third-order valence-corrected chi connectivity index (χ3v) is 2.19. The molecule has 1 saturated heterocycles. The summed E-state index contributed by atoms with van der Waals surface area (Å²) in [5.41, 5.74) is 0. The van der Waals surface area contributed by atoms with Crippen LogP contribution in [0, 0.1) is 0 Å². The fraction of sp³-hybridized carbons (Fsp3) is 0.600. The van der Waals surface area contributed by atoms with Gasteiger partial charge in [-0.15, -0.1) is 0 Å². The molecule has 13 heavy (non-hydrogen) atoms. The molecule has 0 saturated carbocycles. The lowest BCUT2D eigenvalue weighted by molar-refractivity contribution is 0.198. The molecular formula is C10H17FN2. The smallest absolute Gasteiger partial charge is 0.0966 e. The summed E-state index contributed by atoms with van der Waals surface area (Å²) in [6.07, 6.45) is 4.14. The van der Waals surface area contributed by atoms with Crippen LogP contribution in [-0.4, -0.2) is 43.0 Å². The molecule has 0 unspecified atom stereocenters. The molecular weight excluding hydrogens is 167 g/mol. The number of likely N-dealkylation sites (N-methyl/N-ethyl adjacent to an activating group) is 1. The summed E-state index contributed by atoms with van der Waals surface area (Å²) in [5.74, 6) is -0.273. The normalized spacial score (nSPS) is 19.7. The zero-order valence-corrected chi connectivity index (χ0v) is 8.17. The summed E-state index contributed by atoms with van der Waals surface area (Å²) >= 11 is 0. The van der Waals surface area contributed by atoms with Crippen molar-refractivity contribution in [2.45, 2.75) is 6.42 Å². The van der Waals surface area contributed by atoms with Gasteiger partial charge in [-0.25, -0.2) is 4.39 Å². The summed E-state index contributed by atoms with van der Waals surface area (Å²) in [6.45, 7) is 7.44. The number of nitrogens with zero attached hydrogens (tertiary/aromatic N) is 2. The first-order chi connectivity index (χ1) is 6.18. The number of allylic oxidation sites excluding steroid dienone is 2. The Labute approximate surface area is 79.3 Å². The lowest BCUT2D eigenvalue weighted by Gasteiger charge is -2.31. The second-order valence-corrected chi connectivity index (χ2v) is 3.45. The molecule has 1 rings (SSSR count). The fourth-order valence-corrected chi connectivity index (χ4v) is 1.30. The van der Waals surface area contributed by atoms with Gasteiger partial charge >= 0.3 is 0 Å². The van der Waals surface area contributed by atoms with E-state index in [0.29, 0.717) is 6.42 Å². The van der Waals surface area contributed by atoms with Gasteiger partial charge in [0.1, 0.15) is 0 Å². The number of halogens is 1. The minimum Gasteiger partial charge on any atom is -0.375 e. The van der Waals surface area contributed by atoms with Crippen molar-refractivity contribution in [2.75, 3.05) is 33.2 Å². The van der Waals surface area contributed by atoms with Crippen LogP contribution < -0.4 is 0 Å². The lowest BCUT2D eigenvalue weighted by Crippen LogP contribution is -2.41. The van der Waals surface area contributed by atoms with Crippen molar-refractivity contribution in [2.24, 2.45) is 0 Å². The van der Waals surface area contributed by atoms with Crippen LogP contribution in [0.4, 0.5) is 4.39 Å². The van der Waals surface area contributed by atoms with Gasteiger partial charge in [0, 0.05) is 32.6 Å². The molecule has 0 aliphatic carbocycles. The van der Waals surface area contributed by atoms with E-state index in [-0.39, 0.29) is 5.83 Å². The SMILES string of the molecule is C=C(F)C/C=C/N1CCN(C)CC1. The molecule has 2 nitrogen and oxygen atoms in total. The van der Waals surface area contributed by atoms with Crippen LogP contribution in [0.5, 0.6) is 0 Å². The summed E-state index contributed by atoms with van der Waals surface area (Å²) in [5, 5.41) is 0. The van der Waals surface area contributed by atoms with Gasteiger partial charge in [-0.05, 0) is 13.2 Å². The Morgan fingerprint density at radius 1 is 1.38 bits per heavy atom. The Balaban J connectivity index is 2.22. The summed E-state index contributed by atoms with van der Waals surface area (Å²) in [7, 11) is 2.12. The quantitative estimate of drug-likeness (QED) is 0.657. The molecule has 0 bridgehead atoms. The Bertz CT molecular complexity index is 193. The predicted octanol–water partition coefficient (Wildman–Crippen LogP) is 1.62. The van der Waals surface area contributed by atoms with E-state index in [0.717, 1.165) is 26.2 Å². The van der Waals surface area contributed by atoms with Crippen LogP contribution in [0.15, 0.2) is 24.7 Å². The number of hydrogen-bond donors (Lipinski definition) is 0. The van der Waals surface area contributed by atoms with E-state index in [1.165, 1.54) is 0 Å². The molecule has 0 aromatic heterocycles. The summed E-state index contributed by atoms with van der Waals surface area (Å²) in [4.78, 5) is 4.50. The molecule has 0 aromatic carbocycles. The Kier molecular flexibility index (Phi) is 3.96. The van der Waals surface area contributed by atoms with Gasteiger partial charge in [0.05, 0.1) is 5.83 Å². The second-order valence-electron chi connectivity index (χ2n) is 3.45. The zero-order chi connectivity index (χ0) is 9.68. The van der Waals surface area contributed by atoms with Gasteiger partial charge in [0.2, 0.25) is 0 Å². The largest absolute Gasteiger partial charge is 0.375 e. The molecule has 0 aromatic rings. The van der Waals surface area contributed by atoms with E-state index < -0.39 is 0 Å². The number of rotatable bonds is 3. The van der Waals surface area contributed by atoms with Crippen molar-refractivity contribution in [1.29, 1.82) is 0 Å². The van der Waals surface area contributed by atoms with Crippen LogP contribution in [0.3, 0.4) is 0 Å². The van der Waals surface area contributed by atoms with Crippen molar-refractivity contribution in [3.63, 3.8) is 0 Å². The van der Waals surface area contributed by atoms with E-state index in [1.54, 1.807) is 0 Å². The highest BCUT2D eigenvalue weighted by Crippen LogP contribution is 2.03. The van der Waals surface area contributed by atoms with Gasteiger partial charge in [-0.1, -0.05) is 12.7 Å². The first-order valence-corrected chi connectivity index (χ1v) is 4.61. The Morgan fingerprint density at radius 2 is 2.00 bits per heavy atom. The van der Waals surface area contributed by atoms with E-state index in [4.69, 9.17) is 0 Å². The molecule has 0 N–H and O–H groups in total. The van der Waals surface area contributed by atoms with Gasteiger partial charge in [-0.3, -0.25) is 0 Å². The second kappa shape index (κ2) is 5.02. The molecule has 74 valence electrons. The minimum atomic E-state index is -0.273. The van der Waals surface area contributed by atoms with Crippen molar-refractivity contribution in [3.8, 4) is 0 Å². The highest BCUT2D eigenvalue weighted by atomic mass is 19.1. The van der Waals surface area contributed by atoms with Crippen molar-refractivity contribution >= 4 is 0 Å². The molecule has 0 radical (unpaired) electrons. The van der Waals surface area contributed by atoms with Gasteiger partial charge in [-0.2, -0.15) is 0 Å². The summed E-state index contributed by atoms with van der Waals surface area (Å²) in [6, 6.07) is 0. The molecule has 0 atom stereocenters. The summed E-state index contributed by atoms with van der Waals surface area (Å²) < 4.78 is 12.2. The molecule has 3 heteroatoms. The fourth-order valence-electron chi connectivity index (χ4n) is 1.30. The molecule has 1 fully saturated rings. The lowest BCUT2D eigenvalue weighted by atomic mass is 10.3. The molecule has 1 heterocycles. The molecule has 0 amide bonds. The number of hydrogen-bond acceptors (Lipinski definition) is 2. The molecule has 1 aliphatic rings.